The number of terminal acetylenes is 1. The van der Waals surface area contributed by atoms with Gasteiger partial charge in [-0.2, -0.15) is 0 Å². The van der Waals surface area contributed by atoms with E-state index in [4.69, 9.17) is 12.2 Å². The van der Waals surface area contributed by atoms with Gasteiger partial charge in [0.05, 0.1) is 0 Å². The van der Waals surface area contributed by atoms with E-state index < -0.39 is 0 Å². The van der Waals surface area contributed by atoms with E-state index in [-0.39, 0.29) is 11.9 Å². The maximum atomic E-state index is 13.7. The highest BCUT2D eigenvalue weighted by atomic mass is 19.1. The van der Waals surface area contributed by atoms with Gasteiger partial charge in [-0.15, -0.1) is 12.3 Å². The molecule has 1 unspecified atom stereocenters. The lowest BCUT2D eigenvalue weighted by Gasteiger charge is -2.14. The zero-order valence-electron chi connectivity index (χ0n) is 10.2. The average molecular weight is 241 g/mol. The van der Waals surface area contributed by atoms with Gasteiger partial charge in [-0.25, -0.2) is 4.39 Å². The molecule has 0 heterocycles. The molecule has 2 rings (SSSR count). The Morgan fingerprint density at radius 3 is 2.61 bits per heavy atom. The second-order valence-electron chi connectivity index (χ2n) is 4.39. The van der Waals surface area contributed by atoms with Crippen molar-refractivity contribution in [2.24, 2.45) is 5.73 Å². The van der Waals surface area contributed by atoms with Gasteiger partial charge in [-0.1, -0.05) is 30.3 Å². The first-order valence-electron chi connectivity index (χ1n) is 6.10. The molecule has 2 aromatic rings. The Morgan fingerprint density at radius 2 is 1.89 bits per heavy atom. The van der Waals surface area contributed by atoms with E-state index in [1.54, 1.807) is 12.1 Å². The summed E-state index contributed by atoms with van der Waals surface area (Å²) in [5.74, 6) is 2.40. The number of benzene rings is 2. The molecule has 1 atom stereocenters. The molecule has 0 aromatic heterocycles. The third kappa shape index (κ3) is 2.52. The van der Waals surface area contributed by atoms with Gasteiger partial charge < -0.3 is 5.73 Å². The van der Waals surface area contributed by atoms with Crippen LogP contribution in [-0.4, -0.2) is 0 Å². The van der Waals surface area contributed by atoms with Crippen LogP contribution in [0.15, 0.2) is 36.4 Å². The number of fused-ring (bicyclic) bond motifs is 1. The molecule has 0 aliphatic rings. The van der Waals surface area contributed by atoms with Crippen LogP contribution in [-0.2, 0) is 0 Å². The zero-order valence-corrected chi connectivity index (χ0v) is 10.2. The van der Waals surface area contributed by atoms with E-state index in [0.29, 0.717) is 5.39 Å². The van der Waals surface area contributed by atoms with Crippen molar-refractivity contribution in [3.05, 3.63) is 47.8 Å². The zero-order chi connectivity index (χ0) is 13.0. The van der Waals surface area contributed by atoms with E-state index in [0.717, 1.165) is 30.2 Å². The fourth-order valence-corrected chi connectivity index (χ4v) is 2.19. The fourth-order valence-electron chi connectivity index (χ4n) is 2.19. The summed E-state index contributed by atoms with van der Waals surface area (Å²) in [7, 11) is 0. The highest BCUT2D eigenvalue weighted by molar-refractivity contribution is 5.86. The van der Waals surface area contributed by atoms with Crippen molar-refractivity contribution < 1.29 is 4.39 Å². The molecule has 1 nitrogen and oxygen atoms in total. The Hall–Kier alpha value is -1.85. The highest BCUT2D eigenvalue weighted by Gasteiger charge is 2.11. The monoisotopic (exact) mass is 241 g/mol. The summed E-state index contributed by atoms with van der Waals surface area (Å²) in [6, 6.07) is 10.6. The Labute approximate surface area is 107 Å². The number of hydrogen-bond donors (Lipinski definition) is 1. The fraction of sp³-hybridized carbons (Fsp3) is 0.250. The van der Waals surface area contributed by atoms with Crippen molar-refractivity contribution in [3.8, 4) is 12.3 Å². The molecule has 92 valence electrons. The Morgan fingerprint density at radius 1 is 1.17 bits per heavy atom. The van der Waals surface area contributed by atoms with Crippen LogP contribution in [0.2, 0.25) is 0 Å². The number of halogens is 1. The van der Waals surface area contributed by atoms with Crippen LogP contribution in [0.1, 0.15) is 30.9 Å². The van der Waals surface area contributed by atoms with Crippen LogP contribution >= 0.6 is 0 Å². The summed E-state index contributed by atoms with van der Waals surface area (Å²) >= 11 is 0. The lowest BCUT2D eigenvalue weighted by Crippen LogP contribution is -2.10. The van der Waals surface area contributed by atoms with Crippen LogP contribution in [0.3, 0.4) is 0 Å². The molecule has 0 fully saturated rings. The van der Waals surface area contributed by atoms with E-state index >= 15 is 0 Å². The first-order valence-corrected chi connectivity index (χ1v) is 6.10. The Bertz CT molecular complexity index is 583. The Kier molecular flexibility index (Phi) is 3.96. The van der Waals surface area contributed by atoms with E-state index in [1.807, 2.05) is 18.2 Å². The van der Waals surface area contributed by atoms with Gasteiger partial charge in [0.2, 0.25) is 0 Å². The molecule has 0 aliphatic heterocycles. The minimum atomic E-state index is -0.204. The molecule has 0 aliphatic carbocycles. The smallest absolute Gasteiger partial charge is 0.131 e. The molecule has 0 amide bonds. The molecular weight excluding hydrogens is 225 g/mol. The standard InChI is InChI=1S/C16H16FN/c1-2-3-4-9-16(18)14-10-11-15(17)13-8-6-5-7-12(13)14/h1,5-8,10-11,16H,3-4,9,18H2. The molecule has 2 aromatic carbocycles. The number of hydrogen-bond acceptors (Lipinski definition) is 1. The lowest BCUT2D eigenvalue weighted by atomic mass is 9.96. The van der Waals surface area contributed by atoms with Gasteiger partial charge >= 0.3 is 0 Å². The molecule has 2 heteroatoms. The van der Waals surface area contributed by atoms with Crippen molar-refractivity contribution in [1.29, 1.82) is 0 Å². The largest absolute Gasteiger partial charge is 0.324 e. The van der Waals surface area contributed by atoms with Crippen molar-refractivity contribution in [1.82, 2.24) is 0 Å². The van der Waals surface area contributed by atoms with Crippen LogP contribution in [0.5, 0.6) is 0 Å². The highest BCUT2D eigenvalue weighted by Crippen LogP contribution is 2.27. The Balaban J connectivity index is 2.34. The molecule has 0 spiro atoms. The van der Waals surface area contributed by atoms with Crippen molar-refractivity contribution in [2.45, 2.75) is 25.3 Å². The molecule has 0 bridgehead atoms. The summed E-state index contributed by atoms with van der Waals surface area (Å²) in [5.41, 5.74) is 7.15. The first kappa shape index (κ1) is 12.6. The summed E-state index contributed by atoms with van der Waals surface area (Å²) in [5, 5.41) is 1.52. The van der Waals surface area contributed by atoms with E-state index in [2.05, 4.69) is 5.92 Å². The number of unbranched alkanes of at least 4 members (excludes halogenated alkanes) is 1. The van der Waals surface area contributed by atoms with Gasteiger partial charge in [0.15, 0.2) is 0 Å². The molecule has 0 saturated carbocycles. The van der Waals surface area contributed by atoms with Gasteiger partial charge in [-0.3, -0.25) is 0 Å². The minimum absolute atomic E-state index is 0.0937. The third-order valence-electron chi connectivity index (χ3n) is 3.14. The average Bonchev–Trinajstić information content (AvgIpc) is 2.39. The maximum Gasteiger partial charge on any atom is 0.131 e. The number of nitrogens with two attached hydrogens (primary N) is 1. The van der Waals surface area contributed by atoms with Gasteiger partial charge in [0.25, 0.3) is 0 Å². The molecule has 0 radical (unpaired) electrons. The van der Waals surface area contributed by atoms with Crippen LogP contribution < -0.4 is 5.73 Å². The minimum Gasteiger partial charge on any atom is -0.324 e. The summed E-state index contributed by atoms with van der Waals surface area (Å²) in [6.45, 7) is 0. The normalized spacial score (nSPS) is 12.3. The van der Waals surface area contributed by atoms with Crippen molar-refractivity contribution in [2.75, 3.05) is 0 Å². The van der Waals surface area contributed by atoms with Crippen LogP contribution in [0.25, 0.3) is 10.8 Å². The molecule has 2 N–H and O–H groups in total. The maximum absolute atomic E-state index is 13.7. The molecule has 18 heavy (non-hydrogen) atoms. The van der Waals surface area contributed by atoms with E-state index in [9.17, 15) is 4.39 Å². The predicted molar refractivity (Wildman–Crippen MR) is 73.5 cm³/mol. The summed E-state index contributed by atoms with van der Waals surface area (Å²) in [4.78, 5) is 0. The second kappa shape index (κ2) is 5.66. The topological polar surface area (TPSA) is 26.0 Å². The first-order chi connectivity index (χ1) is 8.74. The van der Waals surface area contributed by atoms with Crippen molar-refractivity contribution >= 4 is 10.8 Å². The van der Waals surface area contributed by atoms with Gasteiger partial charge in [0, 0.05) is 17.8 Å². The number of rotatable bonds is 4. The van der Waals surface area contributed by atoms with Crippen LogP contribution in [0.4, 0.5) is 4.39 Å². The summed E-state index contributed by atoms with van der Waals surface area (Å²) in [6.07, 6.45) is 7.66. The van der Waals surface area contributed by atoms with E-state index in [1.165, 1.54) is 6.07 Å². The second-order valence-corrected chi connectivity index (χ2v) is 4.39. The van der Waals surface area contributed by atoms with Crippen LogP contribution in [0, 0.1) is 18.2 Å². The predicted octanol–water partition coefficient (Wildman–Crippen LogP) is 3.78. The molecular formula is C16H16FN. The van der Waals surface area contributed by atoms with Gasteiger partial charge in [0.1, 0.15) is 5.82 Å². The SMILES string of the molecule is C#CCCCC(N)c1ccc(F)c2ccccc12. The van der Waals surface area contributed by atoms with Gasteiger partial charge in [-0.05, 0) is 29.9 Å². The summed E-state index contributed by atoms with van der Waals surface area (Å²) < 4.78 is 13.7. The third-order valence-corrected chi connectivity index (χ3v) is 3.14. The molecule has 0 saturated heterocycles. The van der Waals surface area contributed by atoms with Crippen molar-refractivity contribution in [3.63, 3.8) is 0 Å². The quantitative estimate of drug-likeness (QED) is 0.639. The lowest BCUT2D eigenvalue weighted by molar-refractivity contribution is 0.618.